The van der Waals surface area contributed by atoms with Crippen LogP contribution in [0.4, 0.5) is 0 Å². The molecule has 1 aromatic rings. The summed E-state index contributed by atoms with van der Waals surface area (Å²) in [6.07, 6.45) is 0. The lowest BCUT2D eigenvalue weighted by Gasteiger charge is -2.06. The molecule has 14 heavy (non-hydrogen) atoms. The maximum Gasteiger partial charge on any atom is 0.267 e. The molecule has 78 valence electrons. The lowest BCUT2D eigenvalue weighted by Crippen LogP contribution is -2.07. The molecular weight excluding hydrogens is 241 g/mol. The molecule has 0 fully saturated rings. The van der Waals surface area contributed by atoms with Crippen LogP contribution < -0.4 is 5.56 Å². The number of hydrogen-bond acceptors (Lipinski definition) is 2. The molecule has 1 rings (SSSR count). The van der Waals surface area contributed by atoms with Gasteiger partial charge in [0, 0.05) is 5.75 Å². The van der Waals surface area contributed by atoms with Crippen LogP contribution in [0.2, 0.25) is 10.0 Å². The number of pyridine rings is 1. The Kier molecular flexibility index (Phi) is 4.35. The van der Waals surface area contributed by atoms with Gasteiger partial charge in [-0.25, -0.2) is 0 Å². The lowest BCUT2D eigenvalue weighted by molar-refractivity contribution is 0.749. The third-order valence-corrected chi connectivity index (χ3v) is 3.61. The molecule has 0 saturated carbocycles. The van der Waals surface area contributed by atoms with Crippen molar-refractivity contribution in [3.63, 3.8) is 0 Å². The standard InChI is InChI=1S/C9H11Cl2NOS/c1-5(2)4-14-9-7(11)3-6(10)8(13)12-9/h3,5H,4H2,1-2H3,(H,12,13). The first-order chi connectivity index (χ1) is 6.50. The van der Waals surface area contributed by atoms with Crippen LogP contribution in [0.25, 0.3) is 0 Å². The molecule has 0 atom stereocenters. The van der Waals surface area contributed by atoms with E-state index in [9.17, 15) is 4.79 Å². The highest BCUT2D eigenvalue weighted by molar-refractivity contribution is 7.99. The Bertz CT molecular complexity index is 376. The van der Waals surface area contributed by atoms with Gasteiger partial charge in [-0.1, -0.05) is 37.0 Å². The molecule has 0 aliphatic heterocycles. The highest BCUT2D eigenvalue weighted by Gasteiger charge is 2.06. The Hall–Kier alpha value is -0.120. The van der Waals surface area contributed by atoms with Crippen molar-refractivity contribution in [3.8, 4) is 0 Å². The molecule has 1 heterocycles. The number of nitrogens with one attached hydrogen (secondary N) is 1. The van der Waals surface area contributed by atoms with Gasteiger partial charge in [-0.05, 0) is 12.0 Å². The second-order valence-corrected chi connectivity index (χ2v) is 5.17. The third-order valence-electron chi connectivity index (χ3n) is 1.48. The van der Waals surface area contributed by atoms with Crippen molar-refractivity contribution < 1.29 is 0 Å². The summed E-state index contributed by atoms with van der Waals surface area (Å²) < 4.78 is 0. The molecule has 0 unspecified atom stereocenters. The van der Waals surface area contributed by atoms with Gasteiger partial charge in [0.2, 0.25) is 0 Å². The van der Waals surface area contributed by atoms with Crippen molar-refractivity contribution in [1.29, 1.82) is 0 Å². The van der Waals surface area contributed by atoms with Gasteiger partial charge in [-0.3, -0.25) is 4.79 Å². The van der Waals surface area contributed by atoms with E-state index in [1.807, 2.05) is 0 Å². The Morgan fingerprint density at radius 2 is 2.07 bits per heavy atom. The second kappa shape index (κ2) is 5.10. The van der Waals surface area contributed by atoms with Crippen LogP contribution in [0.5, 0.6) is 0 Å². The van der Waals surface area contributed by atoms with Crippen LogP contribution in [0.3, 0.4) is 0 Å². The molecule has 0 bridgehead atoms. The summed E-state index contributed by atoms with van der Waals surface area (Å²) in [5.41, 5.74) is -0.290. The minimum absolute atomic E-state index is 0.129. The normalized spacial score (nSPS) is 10.9. The summed E-state index contributed by atoms with van der Waals surface area (Å²) in [5, 5.41) is 1.32. The highest BCUT2D eigenvalue weighted by atomic mass is 35.5. The van der Waals surface area contributed by atoms with Crippen LogP contribution in [-0.4, -0.2) is 10.7 Å². The van der Waals surface area contributed by atoms with Gasteiger partial charge >= 0.3 is 0 Å². The fourth-order valence-corrected chi connectivity index (χ4v) is 2.21. The summed E-state index contributed by atoms with van der Waals surface area (Å²) >= 11 is 13.1. The molecule has 5 heteroatoms. The van der Waals surface area contributed by atoms with Crippen molar-refractivity contribution >= 4 is 35.0 Å². The minimum atomic E-state index is -0.290. The molecule has 1 N–H and O–H groups in total. The van der Waals surface area contributed by atoms with E-state index in [1.54, 1.807) is 0 Å². The molecule has 0 aliphatic carbocycles. The van der Waals surface area contributed by atoms with E-state index in [0.29, 0.717) is 16.0 Å². The number of aromatic amines is 1. The first kappa shape index (κ1) is 12.0. The van der Waals surface area contributed by atoms with Gasteiger partial charge in [0.05, 0.1) is 10.0 Å². The first-order valence-corrected chi connectivity index (χ1v) is 5.96. The smallest absolute Gasteiger partial charge is 0.267 e. The molecule has 0 amide bonds. The van der Waals surface area contributed by atoms with Gasteiger partial charge in [0.25, 0.3) is 5.56 Å². The van der Waals surface area contributed by atoms with Crippen molar-refractivity contribution in [1.82, 2.24) is 4.98 Å². The van der Waals surface area contributed by atoms with Crippen LogP contribution in [-0.2, 0) is 0 Å². The Balaban J connectivity index is 2.87. The zero-order valence-corrected chi connectivity index (χ0v) is 10.3. The first-order valence-electron chi connectivity index (χ1n) is 4.22. The van der Waals surface area contributed by atoms with E-state index >= 15 is 0 Å². The number of thioether (sulfide) groups is 1. The Labute approximate surface area is 97.0 Å². The highest BCUT2D eigenvalue weighted by Crippen LogP contribution is 2.26. The summed E-state index contributed by atoms with van der Waals surface area (Å²) in [5.74, 6) is 1.47. The number of aromatic nitrogens is 1. The molecule has 0 spiro atoms. The number of halogens is 2. The predicted octanol–water partition coefficient (Wildman–Crippen LogP) is 3.43. The van der Waals surface area contributed by atoms with E-state index in [4.69, 9.17) is 23.2 Å². The summed E-state index contributed by atoms with van der Waals surface area (Å²) in [4.78, 5) is 13.8. The van der Waals surface area contributed by atoms with Crippen LogP contribution >= 0.6 is 35.0 Å². The van der Waals surface area contributed by atoms with E-state index in [-0.39, 0.29) is 10.6 Å². The zero-order chi connectivity index (χ0) is 10.7. The molecule has 0 aromatic carbocycles. The molecule has 2 nitrogen and oxygen atoms in total. The van der Waals surface area contributed by atoms with Crippen LogP contribution in [0, 0.1) is 5.92 Å². The van der Waals surface area contributed by atoms with Gasteiger partial charge in [0.1, 0.15) is 5.02 Å². The lowest BCUT2D eigenvalue weighted by atomic mass is 10.3. The number of rotatable bonds is 3. The topological polar surface area (TPSA) is 32.9 Å². The second-order valence-electron chi connectivity index (χ2n) is 3.33. The zero-order valence-electron chi connectivity index (χ0n) is 7.93. The average Bonchev–Trinajstić information content (AvgIpc) is 2.09. The van der Waals surface area contributed by atoms with Crippen molar-refractivity contribution in [2.24, 2.45) is 5.92 Å². The molecule has 1 aromatic heterocycles. The average molecular weight is 252 g/mol. The van der Waals surface area contributed by atoms with E-state index in [1.165, 1.54) is 17.8 Å². The van der Waals surface area contributed by atoms with Gasteiger partial charge in [0.15, 0.2) is 0 Å². The maximum absolute atomic E-state index is 11.2. The van der Waals surface area contributed by atoms with Gasteiger partial charge in [-0.2, -0.15) is 0 Å². The maximum atomic E-state index is 11.2. The Morgan fingerprint density at radius 3 is 2.64 bits per heavy atom. The number of H-pyrrole nitrogens is 1. The van der Waals surface area contributed by atoms with E-state index in [2.05, 4.69) is 18.8 Å². The quantitative estimate of drug-likeness (QED) is 0.836. The molecular formula is C9H11Cl2NOS. The minimum Gasteiger partial charge on any atom is -0.315 e. The van der Waals surface area contributed by atoms with E-state index < -0.39 is 0 Å². The molecule has 0 saturated heterocycles. The van der Waals surface area contributed by atoms with E-state index in [0.717, 1.165) is 5.75 Å². The fourth-order valence-electron chi connectivity index (χ4n) is 0.820. The van der Waals surface area contributed by atoms with Crippen LogP contribution in [0.15, 0.2) is 15.9 Å². The fraction of sp³-hybridized carbons (Fsp3) is 0.444. The van der Waals surface area contributed by atoms with Crippen molar-refractivity contribution in [3.05, 3.63) is 26.5 Å². The number of hydrogen-bond donors (Lipinski definition) is 1. The van der Waals surface area contributed by atoms with Gasteiger partial charge in [-0.15, -0.1) is 11.8 Å². The van der Waals surface area contributed by atoms with Crippen molar-refractivity contribution in [2.45, 2.75) is 18.9 Å². The molecule has 0 radical (unpaired) electrons. The van der Waals surface area contributed by atoms with Crippen LogP contribution in [0.1, 0.15) is 13.8 Å². The monoisotopic (exact) mass is 251 g/mol. The SMILES string of the molecule is CC(C)CSc1[nH]c(=O)c(Cl)cc1Cl. The largest absolute Gasteiger partial charge is 0.315 e. The Morgan fingerprint density at radius 1 is 1.43 bits per heavy atom. The van der Waals surface area contributed by atoms with Crippen molar-refractivity contribution in [2.75, 3.05) is 5.75 Å². The summed E-state index contributed by atoms with van der Waals surface area (Å²) in [6, 6.07) is 1.48. The summed E-state index contributed by atoms with van der Waals surface area (Å²) in [6.45, 7) is 4.21. The predicted molar refractivity (Wildman–Crippen MR) is 62.6 cm³/mol. The van der Waals surface area contributed by atoms with Gasteiger partial charge < -0.3 is 4.98 Å². The third kappa shape index (κ3) is 3.23. The molecule has 0 aliphatic rings. The summed E-state index contributed by atoms with van der Waals surface area (Å²) in [7, 11) is 0.